The van der Waals surface area contributed by atoms with E-state index in [9.17, 15) is 0 Å². The van der Waals surface area contributed by atoms with E-state index < -0.39 is 0 Å². The summed E-state index contributed by atoms with van der Waals surface area (Å²) < 4.78 is 0. The highest BCUT2D eigenvalue weighted by Gasteiger charge is 2.22. The third-order valence-electron chi connectivity index (χ3n) is 4.96. The van der Waals surface area contributed by atoms with E-state index in [0.29, 0.717) is 6.04 Å². The number of benzene rings is 2. The Morgan fingerprint density at radius 3 is 2.35 bits per heavy atom. The van der Waals surface area contributed by atoms with Crippen LogP contribution >= 0.6 is 0 Å². The molecule has 4 rings (SSSR count). The molecule has 1 atom stereocenters. The molecule has 102 valence electrons. The quantitative estimate of drug-likeness (QED) is 0.856. The fraction of sp³-hybridized carbons (Fsp3) is 0.368. The van der Waals surface area contributed by atoms with Crippen molar-refractivity contribution in [2.24, 2.45) is 0 Å². The molecule has 1 nitrogen and oxygen atoms in total. The van der Waals surface area contributed by atoms with E-state index in [0.717, 1.165) is 18.9 Å². The molecule has 0 aromatic heterocycles. The van der Waals surface area contributed by atoms with Crippen molar-refractivity contribution >= 4 is 0 Å². The molecule has 0 spiro atoms. The first kappa shape index (κ1) is 12.2. The first-order chi connectivity index (χ1) is 9.92. The van der Waals surface area contributed by atoms with Crippen LogP contribution in [0.1, 0.15) is 53.5 Å². The Morgan fingerprint density at radius 1 is 0.850 bits per heavy atom. The molecule has 1 fully saturated rings. The lowest BCUT2D eigenvalue weighted by atomic mass is 9.79. The number of rotatable bonds is 2. The van der Waals surface area contributed by atoms with E-state index in [1.807, 2.05) is 0 Å². The van der Waals surface area contributed by atoms with Crippen molar-refractivity contribution in [1.29, 1.82) is 0 Å². The first-order valence-corrected chi connectivity index (χ1v) is 7.83. The van der Waals surface area contributed by atoms with Crippen LogP contribution in [0.3, 0.4) is 0 Å². The zero-order chi connectivity index (χ0) is 13.4. The predicted octanol–water partition coefficient (Wildman–Crippen LogP) is 4.19. The largest absolute Gasteiger partial charge is 0.306 e. The van der Waals surface area contributed by atoms with Gasteiger partial charge in [-0.05, 0) is 47.4 Å². The minimum absolute atomic E-state index is 0.371. The summed E-state index contributed by atoms with van der Waals surface area (Å²) in [5.41, 5.74) is 5.89. The zero-order valence-electron chi connectivity index (χ0n) is 11.8. The summed E-state index contributed by atoms with van der Waals surface area (Å²) in [7, 11) is 0. The van der Waals surface area contributed by atoms with Gasteiger partial charge < -0.3 is 5.32 Å². The molecular weight excluding hydrogens is 242 g/mol. The van der Waals surface area contributed by atoms with Crippen molar-refractivity contribution in [2.75, 3.05) is 6.54 Å². The molecule has 1 aliphatic carbocycles. The van der Waals surface area contributed by atoms with Crippen molar-refractivity contribution in [3.63, 3.8) is 0 Å². The van der Waals surface area contributed by atoms with Crippen LogP contribution in [0.2, 0.25) is 0 Å². The Bertz CT molecular complexity index is 595. The second-order valence-electron chi connectivity index (χ2n) is 6.13. The van der Waals surface area contributed by atoms with E-state index in [-0.39, 0.29) is 0 Å². The van der Waals surface area contributed by atoms with Gasteiger partial charge in [0.25, 0.3) is 0 Å². The van der Waals surface area contributed by atoms with Gasteiger partial charge in [0.2, 0.25) is 0 Å². The van der Waals surface area contributed by atoms with E-state index in [1.54, 1.807) is 0 Å². The van der Waals surface area contributed by atoms with Gasteiger partial charge in [-0.2, -0.15) is 0 Å². The standard InChI is InChI=1S/C19H21N/c1-2-7-18-16(4-1)12-13-20-19(18)17-10-8-15(9-11-17)14-5-3-6-14/h1-2,4,7-11,14,19-20H,3,5-6,12-13H2. The Labute approximate surface area is 121 Å². The normalized spacial score (nSPS) is 22.1. The lowest BCUT2D eigenvalue weighted by Crippen LogP contribution is -2.30. The summed E-state index contributed by atoms with van der Waals surface area (Å²) in [6, 6.07) is 18.6. The Balaban J connectivity index is 1.64. The van der Waals surface area contributed by atoms with E-state index in [1.165, 1.54) is 41.5 Å². The zero-order valence-corrected chi connectivity index (χ0v) is 11.8. The van der Waals surface area contributed by atoms with E-state index in [4.69, 9.17) is 0 Å². The summed E-state index contributed by atoms with van der Waals surface area (Å²) in [5, 5.41) is 3.67. The summed E-state index contributed by atoms with van der Waals surface area (Å²) in [4.78, 5) is 0. The molecule has 1 aliphatic heterocycles. The molecular formula is C19H21N. The van der Waals surface area contributed by atoms with Crippen LogP contribution in [0.15, 0.2) is 48.5 Å². The molecule has 0 saturated heterocycles. The van der Waals surface area contributed by atoms with E-state index >= 15 is 0 Å². The third kappa shape index (κ3) is 2.06. The monoisotopic (exact) mass is 263 g/mol. The third-order valence-corrected chi connectivity index (χ3v) is 4.96. The highest BCUT2D eigenvalue weighted by atomic mass is 14.9. The maximum absolute atomic E-state index is 3.67. The van der Waals surface area contributed by atoms with Gasteiger partial charge in [-0.3, -0.25) is 0 Å². The minimum Gasteiger partial charge on any atom is -0.306 e. The van der Waals surface area contributed by atoms with Crippen molar-refractivity contribution in [3.05, 3.63) is 70.8 Å². The highest BCUT2D eigenvalue weighted by Crippen LogP contribution is 2.37. The average molecular weight is 263 g/mol. The molecule has 0 amide bonds. The van der Waals surface area contributed by atoms with Gasteiger partial charge in [0, 0.05) is 6.54 Å². The van der Waals surface area contributed by atoms with Crippen molar-refractivity contribution in [1.82, 2.24) is 5.32 Å². The SMILES string of the molecule is c1ccc2c(c1)CCNC2c1ccc(C2CCC2)cc1. The number of nitrogens with one attached hydrogen (secondary N) is 1. The minimum atomic E-state index is 0.371. The molecule has 1 saturated carbocycles. The molecule has 1 unspecified atom stereocenters. The molecule has 20 heavy (non-hydrogen) atoms. The molecule has 0 radical (unpaired) electrons. The molecule has 1 heteroatoms. The second-order valence-corrected chi connectivity index (χ2v) is 6.13. The van der Waals surface area contributed by atoms with Crippen LogP contribution in [0.4, 0.5) is 0 Å². The summed E-state index contributed by atoms with van der Waals surface area (Å²) in [6.07, 6.45) is 5.31. The molecule has 2 aromatic rings. The maximum atomic E-state index is 3.67. The van der Waals surface area contributed by atoms with Crippen LogP contribution in [0.25, 0.3) is 0 Å². The van der Waals surface area contributed by atoms with Crippen molar-refractivity contribution < 1.29 is 0 Å². The first-order valence-electron chi connectivity index (χ1n) is 7.83. The summed E-state index contributed by atoms with van der Waals surface area (Å²) >= 11 is 0. The van der Waals surface area contributed by atoms with Gasteiger partial charge in [0.1, 0.15) is 0 Å². The van der Waals surface area contributed by atoms with Crippen LogP contribution in [0, 0.1) is 0 Å². The lowest BCUT2D eigenvalue weighted by molar-refractivity contribution is 0.419. The van der Waals surface area contributed by atoms with Gasteiger partial charge in [-0.1, -0.05) is 55.0 Å². The van der Waals surface area contributed by atoms with Crippen LogP contribution in [-0.2, 0) is 6.42 Å². The smallest absolute Gasteiger partial charge is 0.0579 e. The van der Waals surface area contributed by atoms with Gasteiger partial charge in [0.15, 0.2) is 0 Å². The molecule has 0 bridgehead atoms. The number of hydrogen-bond donors (Lipinski definition) is 1. The summed E-state index contributed by atoms with van der Waals surface area (Å²) in [6.45, 7) is 1.08. The highest BCUT2D eigenvalue weighted by molar-refractivity contribution is 5.40. The summed E-state index contributed by atoms with van der Waals surface area (Å²) in [5.74, 6) is 0.829. The van der Waals surface area contributed by atoms with Crippen LogP contribution < -0.4 is 5.32 Å². The predicted molar refractivity (Wildman–Crippen MR) is 83.0 cm³/mol. The molecule has 1 N–H and O–H groups in total. The van der Waals surface area contributed by atoms with Crippen molar-refractivity contribution in [2.45, 2.75) is 37.6 Å². The fourth-order valence-electron chi connectivity index (χ4n) is 3.50. The van der Waals surface area contributed by atoms with E-state index in [2.05, 4.69) is 53.8 Å². The topological polar surface area (TPSA) is 12.0 Å². The fourth-order valence-corrected chi connectivity index (χ4v) is 3.50. The molecule has 1 heterocycles. The Hall–Kier alpha value is -1.60. The second kappa shape index (κ2) is 5.06. The lowest BCUT2D eigenvalue weighted by Gasteiger charge is -2.29. The van der Waals surface area contributed by atoms with Gasteiger partial charge in [-0.15, -0.1) is 0 Å². The van der Waals surface area contributed by atoms with Gasteiger partial charge in [-0.25, -0.2) is 0 Å². The molecule has 2 aliphatic rings. The number of fused-ring (bicyclic) bond motifs is 1. The number of hydrogen-bond acceptors (Lipinski definition) is 1. The van der Waals surface area contributed by atoms with Gasteiger partial charge in [0.05, 0.1) is 6.04 Å². The van der Waals surface area contributed by atoms with Gasteiger partial charge >= 0.3 is 0 Å². The Morgan fingerprint density at radius 2 is 1.60 bits per heavy atom. The average Bonchev–Trinajstić information content (AvgIpc) is 2.46. The molecule has 2 aromatic carbocycles. The maximum Gasteiger partial charge on any atom is 0.0579 e. The Kier molecular flexibility index (Phi) is 3.08. The van der Waals surface area contributed by atoms with Crippen LogP contribution in [-0.4, -0.2) is 6.54 Å². The van der Waals surface area contributed by atoms with Crippen molar-refractivity contribution in [3.8, 4) is 0 Å². The van der Waals surface area contributed by atoms with Crippen LogP contribution in [0.5, 0.6) is 0 Å².